The van der Waals surface area contributed by atoms with Gasteiger partial charge in [-0.15, -0.1) is 0 Å². The van der Waals surface area contributed by atoms with Gasteiger partial charge in [0.25, 0.3) is 0 Å². The maximum atomic E-state index is 12.6. The summed E-state index contributed by atoms with van der Waals surface area (Å²) in [4.78, 5) is 38.6. The molecule has 2 fully saturated rings. The Hall–Kier alpha value is -3.68. The fourth-order valence-corrected chi connectivity index (χ4v) is 5.12. The van der Waals surface area contributed by atoms with Crippen LogP contribution in [0.3, 0.4) is 0 Å². The summed E-state index contributed by atoms with van der Waals surface area (Å²) in [5, 5.41) is 7.30. The summed E-state index contributed by atoms with van der Waals surface area (Å²) in [5.74, 6) is 0.761. The topological polar surface area (TPSA) is 86.6 Å². The number of hydrogen-bond acceptors (Lipinski definition) is 6. The van der Waals surface area contributed by atoms with Gasteiger partial charge in [0, 0.05) is 37.2 Å². The molecule has 5 rings (SSSR count). The van der Waals surface area contributed by atoms with Crippen LogP contribution in [0.1, 0.15) is 61.6 Å². The summed E-state index contributed by atoms with van der Waals surface area (Å²) in [7, 11) is 1.93. The number of benzene rings is 2. The second kappa shape index (κ2) is 10.9. The number of rotatable bonds is 8. The first-order valence-corrected chi connectivity index (χ1v) is 12.9. The number of nitrogens with zero attached hydrogens (tertiary/aromatic N) is 4. The molecule has 0 spiro atoms. The maximum absolute atomic E-state index is 12.6. The van der Waals surface area contributed by atoms with Crippen LogP contribution in [0.5, 0.6) is 0 Å². The Balaban J connectivity index is 1.25. The van der Waals surface area contributed by atoms with Crippen molar-refractivity contribution < 1.29 is 14.4 Å². The molecule has 3 aliphatic rings. The Labute approximate surface area is 212 Å². The first kappa shape index (κ1) is 24.0. The van der Waals surface area contributed by atoms with Crippen molar-refractivity contribution in [2.24, 2.45) is 10.1 Å². The summed E-state index contributed by atoms with van der Waals surface area (Å²) in [5.41, 5.74) is 4.48. The van der Waals surface area contributed by atoms with Gasteiger partial charge in [0.1, 0.15) is 18.9 Å². The van der Waals surface area contributed by atoms with E-state index in [1.165, 1.54) is 19.3 Å². The number of hydrogen-bond donors (Lipinski definition) is 1. The fourth-order valence-electron chi connectivity index (χ4n) is 5.12. The van der Waals surface area contributed by atoms with Crippen LogP contribution < -0.4 is 5.32 Å². The zero-order valence-corrected chi connectivity index (χ0v) is 20.8. The van der Waals surface area contributed by atoms with Crippen LogP contribution in [0, 0.1) is 0 Å². The minimum atomic E-state index is -0.0369. The number of carbonyl (C=O) groups is 2. The van der Waals surface area contributed by atoms with Gasteiger partial charge in [0.05, 0.1) is 5.69 Å². The van der Waals surface area contributed by atoms with Crippen LogP contribution in [-0.2, 0) is 21.0 Å². The number of guanidine groups is 1. The fraction of sp³-hybridized carbons (Fsp3) is 0.429. The lowest BCUT2D eigenvalue weighted by atomic mass is 9.94. The van der Waals surface area contributed by atoms with Crippen LogP contribution in [0.15, 0.2) is 58.7 Å². The molecule has 1 saturated heterocycles. The highest BCUT2D eigenvalue weighted by atomic mass is 16.6. The van der Waals surface area contributed by atoms with Crippen LogP contribution in [0.2, 0.25) is 0 Å². The molecule has 8 heteroatoms. The Bertz CT molecular complexity index is 1170. The van der Waals surface area contributed by atoms with Gasteiger partial charge in [0.2, 0.25) is 17.8 Å². The van der Waals surface area contributed by atoms with Crippen LogP contribution >= 0.6 is 0 Å². The van der Waals surface area contributed by atoms with Crippen molar-refractivity contribution in [3.8, 4) is 0 Å². The minimum Gasteiger partial charge on any atom is -0.395 e. The summed E-state index contributed by atoms with van der Waals surface area (Å²) >= 11 is 0. The molecule has 1 saturated carbocycles. The molecular weight excluding hydrogens is 454 g/mol. The van der Waals surface area contributed by atoms with Crippen LogP contribution in [0.25, 0.3) is 0 Å². The van der Waals surface area contributed by atoms with Crippen molar-refractivity contribution in [2.45, 2.75) is 57.5 Å². The van der Waals surface area contributed by atoms with Crippen molar-refractivity contribution in [1.82, 2.24) is 15.1 Å². The number of aliphatic imine (C=N–C) groups is 1. The Morgan fingerprint density at radius 2 is 1.92 bits per heavy atom. The van der Waals surface area contributed by atoms with E-state index >= 15 is 0 Å². The van der Waals surface area contributed by atoms with E-state index in [0.717, 1.165) is 40.9 Å². The van der Waals surface area contributed by atoms with Gasteiger partial charge in [-0.05, 0) is 37.0 Å². The standard InChI is InChI=1S/C28H33N5O3/c1-32(23-11-6-3-7-12-23)26(35)13-8-16-36-31-27(20-9-4-2-5-10-20)21-14-15-24-22(17-21)18-33-19-25(34)30-28(33)29-24/h2,4-5,9-10,14-15,17,23H,3,6-8,11-13,16,18-19H2,1H3,(H,29,30,34)/b31-27-. The van der Waals surface area contributed by atoms with Crippen LogP contribution in [-0.4, -0.2) is 59.5 Å². The summed E-state index contributed by atoms with van der Waals surface area (Å²) in [6, 6.07) is 16.3. The lowest BCUT2D eigenvalue weighted by Gasteiger charge is -2.31. The molecule has 8 nitrogen and oxygen atoms in total. The van der Waals surface area contributed by atoms with E-state index in [0.29, 0.717) is 44.5 Å². The predicted molar refractivity (Wildman–Crippen MR) is 139 cm³/mol. The third-order valence-electron chi connectivity index (χ3n) is 7.17. The Kier molecular flexibility index (Phi) is 7.30. The molecule has 0 unspecified atom stereocenters. The third kappa shape index (κ3) is 5.42. The van der Waals surface area contributed by atoms with Crippen molar-refractivity contribution >= 4 is 29.2 Å². The van der Waals surface area contributed by atoms with Crippen LogP contribution in [0.4, 0.5) is 5.69 Å². The van der Waals surface area contributed by atoms with Crippen molar-refractivity contribution in [1.29, 1.82) is 0 Å². The molecule has 188 valence electrons. The normalized spacial score (nSPS) is 17.7. The second-order valence-electron chi connectivity index (χ2n) is 9.72. The van der Waals surface area contributed by atoms with Crippen molar-refractivity contribution in [3.05, 3.63) is 65.2 Å². The summed E-state index contributed by atoms with van der Waals surface area (Å²) in [6.45, 7) is 1.31. The van der Waals surface area contributed by atoms with E-state index in [-0.39, 0.29) is 11.8 Å². The lowest BCUT2D eigenvalue weighted by Crippen LogP contribution is -2.38. The molecule has 1 N–H and O–H groups in total. The van der Waals surface area contributed by atoms with Crippen molar-refractivity contribution in [2.75, 3.05) is 20.2 Å². The molecule has 0 atom stereocenters. The number of amides is 2. The minimum absolute atomic E-state index is 0.0369. The second-order valence-corrected chi connectivity index (χ2v) is 9.72. The van der Waals surface area contributed by atoms with Gasteiger partial charge < -0.3 is 14.6 Å². The van der Waals surface area contributed by atoms with Gasteiger partial charge in [-0.2, -0.15) is 0 Å². The molecule has 2 aromatic rings. The Morgan fingerprint density at radius 1 is 1.11 bits per heavy atom. The van der Waals surface area contributed by atoms with Gasteiger partial charge in [-0.3, -0.25) is 14.9 Å². The first-order chi connectivity index (χ1) is 17.6. The number of oxime groups is 1. The Morgan fingerprint density at radius 3 is 2.72 bits per heavy atom. The van der Waals surface area contributed by atoms with E-state index in [2.05, 4.69) is 21.5 Å². The lowest BCUT2D eigenvalue weighted by molar-refractivity contribution is -0.132. The SMILES string of the molecule is CN(C(=O)CCCO/N=C(/c1ccccc1)c1ccc2c(c1)CN1CC(=O)NC1=N2)C1CCCCC1. The average molecular weight is 488 g/mol. The molecule has 2 heterocycles. The number of carbonyl (C=O) groups excluding carboxylic acids is 2. The van der Waals surface area contributed by atoms with E-state index < -0.39 is 0 Å². The molecule has 36 heavy (non-hydrogen) atoms. The molecule has 2 aromatic carbocycles. The van der Waals surface area contributed by atoms with Gasteiger partial charge >= 0.3 is 0 Å². The molecule has 2 aliphatic heterocycles. The number of fused-ring (bicyclic) bond motifs is 2. The van der Waals surface area contributed by atoms with Gasteiger partial charge in [0.15, 0.2) is 0 Å². The average Bonchev–Trinajstić information content (AvgIpc) is 3.28. The quantitative estimate of drug-likeness (QED) is 0.347. The van der Waals surface area contributed by atoms with E-state index in [1.807, 2.05) is 59.3 Å². The van der Waals surface area contributed by atoms with E-state index in [1.54, 1.807) is 0 Å². The first-order valence-electron chi connectivity index (χ1n) is 12.9. The number of nitrogens with one attached hydrogen (secondary N) is 1. The largest absolute Gasteiger partial charge is 0.395 e. The highest BCUT2D eigenvalue weighted by molar-refractivity contribution is 6.13. The smallest absolute Gasteiger partial charge is 0.246 e. The van der Waals surface area contributed by atoms with E-state index in [9.17, 15) is 9.59 Å². The summed E-state index contributed by atoms with van der Waals surface area (Å²) in [6.07, 6.45) is 7.02. The monoisotopic (exact) mass is 487 g/mol. The van der Waals surface area contributed by atoms with Crippen molar-refractivity contribution in [3.63, 3.8) is 0 Å². The molecular formula is C28H33N5O3. The zero-order chi connectivity index (χ0) is 24.9. The predicted octanol–water partition coefficient (Wildman–Crippen LogP) is 3.96. The maximum Gasteiger partial charge on any atom is 0.246 e. The molecule has 2 amide bonds. The third-order valence-corrected chi connectivity index (χ3v) is 7.17. The molecule has 0 radical (unpaired) electrons. The summed E-state index contributed by atoms with van der Waals surface area (Å²) < 4.78 is 0. The zero-order valence-electron chi connectivity index (χ0n) is 20.8. The van der Waals surface area contributed by atoms with Gasteiger partial charge in [-0.1, -0.05) is 60.8 Å². The highest BCUT2D eigenvalue weighted by Gasteiger charge is 2.29. The highest BCUT2D eigenvalue weighted by Crippen LogP contribution is 2.29. The molecule has 0 bridgehead atoms. The van der Waals surface area contributed by atoms with E-state index in [4.69, 9.17) is 4.84 Å². The molecule has 0 aromatic heterocycles. The van der Waals surface area contributed by atoms with Gasteiger partial charge in [-0.25, -0.2) is 4.99 Å². The molecule has 1 aliphatic carbocycles.